The van der Waals surface area contributed by atoms with E-state index in [9.17, 15) is 9.18 Å². The minimum Gasteiger partial charge on any atom is -0.384 e. The molecule has 0 aromatic heterocycles. The number of anilines is 1. The minimum absolute atomic E-state index is 0.00921. The zero-order chi connectivity index (χ0) is 21.5. The molecule has 2 aliphatic carbocycles. The third-order valence-electron chi connectivity index (χ3n) is 5.71. The van der Waals surface area contributed by atoms with Crippen molar-refractivity contribution in [3.8, 4) is 0 Å². The number of hydrogen-bond donors (Lipinski definition) is 2. The molecule has 0 unspecified atom stereocenters. The Bertz CT molecular complexity index is 1040. The summed E-state index contributed by atoms with van der Waals surface area (Å²) in [5.74, 6) is -0.471. The molecule has 30 heavy (non-hydrogen) atoms. The third-order valence-corrected chi connectivity index (χ3v) is 6.30. The first kappa shape index (κ1) is 21.0. The van der Waals surface area contributed by atoms with Crippen molar-refractivity contribution in [2.75, 3.05) is 5.32 Å². The molecule has 0 amide bonds. The molecule has 2 N–H and O–H groups in total. The lowest BCUT2D eigenvalue weighted by atomic mass is 9.75. The van der Waals surface area contributed by atoms with Gasteiger partial charge in [0.2, 0.25) is 0 Å². The molecule has 0 radical (unpaired) electrons. The van der Waals surface area contributed by atoms with Crippen LogP contribution in [0.15, 0.2) is 53.7 Å². The smallest absolute Gasteiger partial charge is 0.168 e. The molecule has 2 aromatic rings. The number of halogens is 2. The fourth-order valence-electron chi connectivity index (χ4n) is 4.38. The van der Waals surface area contributed by atoms with Crippen molar-refractivity contribution in [1.82, 2.24) is 5.32 Å². The number of fused-ring (bicyclic) bond motifs is 1. The summed E-state index contributed by atoms with van der Waals surface area (Å²) in [6.07, 6.45) is 3.03. The fourth-order valence-corrected chi connectivity index (χ4v) is 4.92. The lowest BCUT2D eigenvalue weighted by molar-refractivity contribution is -0.117. The minimum atomic E-state index is -0.494. The number of ketones is 1. The topological polar surface area (TPSA) is 41.1 Å². The van der Waals surface area contributed by atoms with Gasteiger partial charge in [0, 0.05) is 23.8 Å². The lowest BCUT2D eigenvalue weighted by Gasteiger charge is -2.34. The molecule has 0 saturated carbocycles. The van der Waals surface area contributed by atoms with Crippen LogP contribution >= 0.6 is 23.8 Å². The van der Waals surface area contributed by atoms with Gasteiger partial charge in [0.05, 0.1) is 10.6 Å². The number of rotatable bonds is 4. The summed E-state index contributed by atoms with van der Waals surface area (Å²) in [6.45, 7) is 4.20. The summed E-state index contributed by atoms with van der Waals surface area (Å²) >= 11 is 11.5. The van der Waals surface area contributed by atoms with Gasteiger partial charge in [0.1, 0.15) is 10.8 Å². The van der Waals surface area contributed by atoms with Gasteiger partial charge in [-0.05, 0) is 54.0 Å². The highest BCUT2D eigenvalue weighted by molar-refractivity contribution is 7.81. The predicted molar refractivity (Wildman–Crippen MR) is 123 cm³/mol. The van der Waals surface area contributed by atoms with Crippen molar-refractivity contribution < 1.29 is 9.18 Å². The number of carbonyl (C=O) groups is 1. The number of benzene rings is 2. The Balaban J connectivity index is 1.60. The van der Waals surface area contributed by atoms with Crippen molar-refractivity contribution >= 4 is 40.3 Å². The van der Waals surface area contributed by atoms with Gasteiger partial charge in [-0.2, -0.15) is 0 Å². The van der Waals surface area contributed by atoms with Gasteiger partial charge < -0.3 is 10.6 Å². The molecule has 6 heteroatoms. The SMILES string of the molecule is CC1(C)CC(=O)C(C(=S)Nc2ccc(F)c(Cl)c2)=C(NC2Cc3ccccc3C2)C1. The third kappa shape index (κ3) is 4.42. The van der Waals surface area contributed by atoms with E-state index in [0.29, 0.717) is 22.7 Å². The average Bonchev–Trinajstić information content (AvgIpc) is 3.05. The molecular formula is C24H24ClFN2OS. The summed E-state index contributed by atoms with van der Waals surface area (Å²) in [4.78, 5) is 13.4. The van der Waals surface area contributed by atoms with E-state index in [-0.39, 0.29) is 22.3 Å². The molecule has 0 saturated heterocycles. The van der Waals surface area contributed by atoms with Crippen LogP contribution in [-0.2, 0) is 17.6 Å². The van der Waals surface area contributed by atoms with Gasteiger partial charge >= 0.3 is 0 Å². The number of thiocarbonyl (C=S) groups is 1. The molecule has 2 aromatic carbocycles. The zero-order valence-electron chi connectivity index (χ0n) is 17.0. The number of nitrogens with one attached hydrogen (secondary N) is 2. The van der Waals surface area contributed by atoms with E-state index in [1.165, 1.54) is 23.3 Å². The lowest BCUT2D eigenvalue weighted by Crippen LogP contribution is -2.39. The van der Waals surface area contributed by atoms with E-state index in [2.05, 4.69) is 48.7 Å². The highest BCUT2D eigenvalue weighted by Crippen LogP contribution is 2.37. The van der Waals surface area contributed by atoms with Gasteiger partial charge in [0.25, 0.3) is 0 Å². The van der Waals surface area contributed by atoms with E-state index < -0.39 is 5.82 Å². The normalized spacial score (nSPS) is 18.3. The number of hydrogen-bond acceptors (Lipinski definition) is 3. The number of allylic oxidation sites excluding steroid dienone is 1. The Kier molecular flexibility index (Phi) is 5.69. The van der Waals surface area contributed by atoms with Crippen LogP contribution in [0.5, 0.6) is 0 Å². The van der Waals surface area contributed by atoms with Gasteiger partial charge in [-0.3, -0.25) is 4.79 Å². The Labute approximate surface area is 186 Å². The van der Waals surface area contributed by atoms with Crippen LogP contribution < -0.4 is 10.6 Å². The molecule has 0 bridgehead atoms. The molecule has 3 nitrogen and oxygen atoms in total. The first-order chi connectivity index (χ1) is 14.2. The van der Waals surface area contributed by atoms with Gasteiger partial charge in [0.15, 0.2) is 5.78 Å². The Morgan fingerprint density at radius 2 is 1.80 bits per heavy atom. The van der Waals surface area contributed by atoms with E-state index in [0.717, 1.165) is 25.0 Å². The molecule has 0 atom stereocenters. The maximum Gasteiger partial charge on any atom is 0.168 e. The average molecular weight is 443 g/mol. The van der Waals surface area contributed by atoms with Crippen LogP contribution in [0.1, 0.15) is 37.8 Å². The van der Waals surface area contributed by atoms with Crippen molar-refractivity contribution in [2.45, 2.75) is 45.6 Å². The predicted octanol–water partition coefficient (Wildman–Crippen LogP) is 5.62. The van der Waals surface area contributed by atoms with Gasteiger partial charge in [-0.15, -0.1) is 0 Å². The van der Waals surface area contributed by atoms with E-state index in [1.807, 2.05) is 0 Å². The molecule has 2 aliphatic rings. The first-order valence-corrected chi connectivity index (χ1v) is 10.9. The highest BCUT2D eigenvalue weighted by Gasteiger charge is 2.36. The Morgan fingerprint density at radius 3 is 2.43 bits per heavy atom. The summed E-state index contributed by atoms with van der Waals surface area (Å²) < 4.78 is 13.5. The molecule has 0 heterocycles. The molecule has 0 aliphatic heterocycles. The summed E-state index contributed by atoms with van der Waals surface area (Å²) in [7, 11) is 0. The van der Waals surface area contributed by atoms with Crippen molar-refractivity contribution in [2.24, 2.45) is 5.41 Å². The monoisotopic (exact) mass is 442 g/mol. The van der Waals surface area contributed by atoms with Crippen LogP contribution in [-0.4, -0.2) is 16.8 Å². The van der Waals surface area contributed by atoms with Crippen molar-refractivity contribution in [3.63, 3.8) is 0 Å². The summed E-state index contributed by atoms with van der Waals surface area (Å²) in [6, 6.07) is 13.0. The second kappa shape index (κ2) is 8.12. The summed E-state index contributed by atoms with van der Waals surface area (Å²) in [5.41, 5.74) is 4.54. The van der Waals surface area contributed by atoms with Gasteiger partial charge in [-0.25, -0.2) is 4.39 Å². The van der Waals surface area contributed by atoms with E-state index in [4.69, 9.17) is 23.8 Å². The second-order valence-corrected chi connectivity index (χ2v) is 9.71. The second-order valence-electron chi connectivity index (χ2n) is 8.90. The van der Waals surface area contributed by atoms with Gasteiger partial charge in [-0.1, -0.05) is 61.9 Å². The van der Waals surface area contributed by atoms with Crippen LogP contribution in [0.25, 0.3) is 0 Å². The largest absolute Gasteiger partial charge is 0.384 e. The molecule has 0 fully saturated rings. The maximum atomic E-state index is 13.5. The number of carbonyl (C=O) groups excluding carboxylic acids is 1. The van der Waals surface area contributed by atoms with Crippen LogP contribution in [0.4, 0.5) is 10.1 Å². The maximum absolute atomic E-state index is 13.5. The van der Waals surface area contributed by atoms with Crippen molar-refractivity contribution in [1.29, 1.82) is 0 Å². The summed E-state index contributed by atoms with van der Waals surface area (Å²) in [5, 5.41) is 6.71. The van der Waals surface area contributed by atoms with Crippen LogP contribution in [0, 0.1) is 11.2 Å². The van der Waals surface area contributed by atoms with Crippen LogP contribution in [0.3, 0.4) is 0 Å². The number of Topliss-reactive ketones (excluding diaryl/α,β-unsaturated/α-hetero) is 1. The Hall–Kier alpha value is -2.24. The first-order valence-electron chi connectivity index (χ1n) is 10.1. The Morgan fingerprint density at radius 1 is 1.13 bits per heavy atom. The van der Waals surface area contributed by atoms with Crippen LogP contribution in [0.2, 0.25) is 5.02 Å². The van der Waals surface area contributed by atoms with E-state index >= 15 is 0 Å². The standard InChI is InChI=1S/C24H24ClFN2OS/c1-24(2)12-20(27-17-9-14-5-3-4-6-15(14)10-17)22(21(29)13-24)23(30)28-16-7-8-19(26)18(25)11-16/h3-8,11,17,27H,9-10,12-13H2,1-2H3,(H,28,30). The van der Waals surface area contributed by atoms with E-state index in [1.54, 1.807) is 6.07 Å². The van der Waals surface area contributed by atoms with Crippen molar-refractivity contribution in [3.05, 3.63) is 75.7 Å². The molecule has 156 valence electrons. The molecular weight excluding hydrogens is 419 g/mol. The fraction of sp³-hybridized carbons (Fsp3) is 0.333. The highest BCUT2D eigenvalue weighted by atomic mass is 35.5. The quantitative estimate of drug-likeness (QED) is 0.603. The molecule has 4 rings (SSSR count). The molecule has 0 spiro atoms. The zero-order valence-corrected chi connectivity index (χ0v) is 18.6.